The number of urea groups is 1. The van der Waals surface area contributed by atoms with E-state index in [4.69, 9.17) is 18.9 Å². The van der Waals surface area contributed by atoms with Gasteiger partial charge in [-0.05, 0) is 70.7 Å². The Morgan fingerprint density at radius 3 is 2.46 bits per heavy atom. The normalized spacial score (nSPS) is 23.0. The van der Waals surface area contributed by atoms with Crippen molar-refractivity contribution in [2.75, 3.05) is 37.8 Å². The summed E-state index contributed by atoms with van der Waals surface area (Å²) in [7, 11) is 0. The molecule has 202 valence electrons. The average Bonchev–Trinajstić information content (AvgIpc) is 3.23. The Morgan fingerprint density at radius 1 is 1.03 bits per heavy atom. The standard InChI is InChI=1S/C26H35N3O8/c1-26(2,3)37-25(33)29-21(30)12-11-20(23(29)31)28-14-13-27(24(28)32)18-7-9-19(10-8-18)34-16-17-36-22-6-4-5-15-35-22/h7-10,20,22H,4-6,11-17H2,1-3H3. The van der Waals surface area contributed by atoms with E-state index in [1.807, 2.05) is 0 Å². The third-order valence-electron chi connectivity index (χ3n) is 6.32. The molecule has 11 nitrogen and oxygen atoms in total. The Bertz CT molecular complexity index is 1000. The lowest BCUT2D eigenvalue weighted by Gasteiger charge is -2.34. The van der Waals surface area contributed by atoms with Crippen molar-refractivity contribution < 1.29 is 38.1 Å². The second kappa shape index (κ2) is 11.5. The van der Waals surface area contributed by atoms with Crippen LogP contribution in [0.2, 0.25) is 0 Å². The molecule has 37 heavy (non-hydrogen) atoms. The van der Waals surface area contributed by atoms with Crippen LogP contribution in [0.1, 0.15) is 52.9 Å². The number of hydrogen-bond acceptors (Lipinski definition) is 8. The van der Waals surface area contributed by atoms with E-state index < -0.39 is 29.6 Å². The molecule has 1 aromatic carbocycles. The fourth-order valence-electron chi connectivity index (χ4n) is 4.54. The van der Waals surface area contributed by atoms with Crippen LogP contribution in [0.3, 0.4) is 0 Å². The number of carbonyl (C=O) groups excluding carboxylic acids is 4. The zero-order chi connectivity index (χ0) is 26.6. The lowest BCUT2D eigenvalue weighted by atomic mass is 10.0. The highest BCUT2D eigenvalue weighted by atomic mass is 16.7. The van der Waals surface area contributed by atoms with E-state index in [0.29, 0.717) is 42.6 Å². The van der Waals surface area contributed by atoms with Gasteiger partial charge >= 0.3 is 12.1 Å². The zero-order valence-electron chi connectivity index (χ0n) is 21.6. The Kier molecular flexibility index (Phi) is 8.33. The first-order chi connectivity index (χ1) is 17.6. The number of amides is 5. The first kappa shape index (κ1) is 26.9. The third-order valence-corrected chi connectivity index (χ3v) is 6.32. The van der Waals surface area contributed by atoms with Gasteiger partial charge in [-0.3, -0.25) is 14.5 Å². The Labute approximate surface area is 216 Å². The molecule has 5 amide bonds. The summed E-state index contributed by atoms with van der Waals surface area (Å²) in [5, 5.41) is 0. The summed E-state index contributed by atoms with van der Waals surface area (Å²) in [5.74, 6) is -0.703. The van der Waals surface area contributed by atoms with Crippen LogP contribution in [0.15, 0.2) is 24.3 Å². The minimum Gasteiger partial charge on any atom is -0.491 e. The average molecular weight is 518 g/mol. The van der Waals surface area contributed by atoms with Crippen molar-refractivity contribution >= 4 is 29.6 Å². The van der Waals surface area contributed by atoms with Gasteiger partial charge in [0.25, 0.3) is 5.91 Å². The van der Waals surface area contributed by atoms with Crippen molar-refractivity contribution in [2.24, 2.45) is 0 Å². The highest BCUT2D eigenvalue weighted by Crippen LogP contribution is 2.28. The number of benzene rings is 1. The maximum Gasteiger partial charge on any atom is 0.424 e. The number of piperidine rings is 1. The Morgan fingerprint density at radius 2 is 1.78 bits per heavy atom. The second-order valence-electron chi connectivity index (χ2n) is 10.2. The van der Waals surface area contributed by atoms with Gasteiger partial charge in [0.2, 0.25) is 5.91 Å². The van der Waals surface area contributed by atoms with Gasteiger partial charge in [0.05, 0.1) is 6.61 Å². The highest BCUT2D eigenvalue weighted by Gasteiger charge is 2.46. The van der Waals surface area contributed by atoms with Crippen molar-refractivity contribution in [3.8, 4) is 5.75 Å². The number of carbonyl (C=O) groups is 4. The fraction of sp³-hybridized carbons (Fsp3) is 0.615. The van der Waals surface area contributed by atoms with Crippen LogP contribution in [-0.4, -0.2) is 84.6 Å². The van der Waals surface area contributed by atoms with E-state index in [-0.39, 0.29) is 25.2 Å². The molecule has 0 spiro atoms. The van der Waals surface area contributed by atoms with Crippen LogP contribution in [-0.2, 0) is 23.8 Å². The number of anilines is 1. The molecule has 11 heteroatoms. The summed E-state index contributed by atoms with van der Waals surface area (Å²) in [5.41, 5.74) is -0.201. The smallest absolute Gasteiger partial charge is 0.424 e. The maximum absolute atomic E-state index is 13.2. The largest absolute Gasteiger partial charge is 0.491 e. The van der Waals surface area contributed by atoms with Gasteiger partial charge in [0.15, 0.2) is 6.29 Å². The van der Waals surface area contributed by atoms with Gasteiger partial charge in [-0.25, -0.2) is 9.59 Å². The van der Waals surface area contributed by atoms with Crippen LogP contribution in [0.5, 0.6) is 5.75 Å². The zero-order valence-corrected chi connectivity index (χ0v) is 21.6. The van der Waals surface area contributed by atoms with Gasteiger partial charge in [-0.1, -0.05) is 0 Å². The molecule has 0 radical (unpaired) electrons. The minimum absolute atomic E-state index is 0.0257. The summed E-state index contributed by atoms with van der Waals surface area (Å²) in [6, 6.07) is 5.85. The summed E-state index contributed by atoms with van der Waals surface area (Å²) < 4.78 is 22.2. The molecule has 4 rings (SSSR count). The molecule has 3 fully saturated rings. The molecule has 2 unspecified atom stereocenters. The first-order valence-corrected chi connectivity index (χ1v) is 12.8. The van der Waals surface area contributed by atoms with Gasteiger partial charge < -0.3 is 23.8 Å². The SMILES string of the molecule is CC(C)(C)OC(=O)N1C(=O)CCC(N2CCN(c3ccc(OCCOC4CCCCO4)cc3)C2=O)C1=O. The lowest BCUT2D eigenvalue weighted by molar-refractivity contribution is -0.165. The predicted molar refractivity (Wildman–Crippen MR) is 132 cm³/mol. The van der Waals surface area contributed by atoms with Gasteiger partial charge in [-0.15, -0.1) is 0 Å². The third kappa shape index (κ3) is 6.58. The molecule has 0 aromatic heterocycles. The lowest BCUT2D eigenvalue weighted by Crippen LogP contribution is -2.57. The summed E-state index contributed by atoms with van der Waals surface area (Å²) in [6.07, 6.45) is 2.05. The summed E-state index contributed by atoms with van der Waals surface area (Å²) in [4.78, 5) is 54.6. The van der Waals surface area contributed by atoms with Crippen molar-refractivity contribution in [1.29, 1.82) is 0 Å². The summed E-state index contributed by atoms with van der Waals surface area (Å²) >= 11 is 0. The fourth-order valence-corrected chi connectivity index (χ4v) is 4.54. The topological polar surface area (TPSA) is 115 Å². The molecule has 3 aliphatic heterocycles. The van der Waals surface area contributed by atoms with E-state index in [1.165, 1.54) is 4.90 Å². The molecule has 0 N–H and O–H groups in total. The van der Waals surface area contributed by atoms with E-state index >= 15 is 0 Å². The van der Waals surface area contributed by atoms with Gasteiger partial charge in [-0.2, -0.15) is 4.90 Å². The van der Waals surface area contributed by atoms with Gasteiger partial charge in [0.1, 0.15) is 24.0 Å². The number of nitrogens with zero attached hydrogens (tertiary/aromatic N) is 3. The monoisotopic (exact) mass is 517 g/mol. The van der Waals surface area contributed by atoms with Crippen LogP contribution in [0.25, 0.3) is 0 Å². The van der Waals surface area contributed by atoms with Crippen molar-refractivity contribution in [1.82, 2.24) is 9.80 Å². The first-order valence-electron chi connectivity index (χ1n) is 12.8. The van der Waals surface area contributed by atoms with Crippen molar-refractivity contribution in [2.45, 2.75) is 70.8 Å². The van der Waals surface area contributed by atoms with E-state index in [9.17, 15) is 19.2 Å². The van der Waals surface area contributed by atoms with Crippen LogP contribution >= 0.6 is 0 Å². The molecular weight excluding hydrogens is 482 g/mol. The molecule has 1 aromatic rings. The number of rotatable bonds is 7. The molecule has 0 bridgehead atoms. The molecular formula is C26H35N3O8. The number of hydrogen-bond donors (Lipinski definition) is 0. The molecule has 3 aliphatic rings. The number of ether oxygens (including phenoxy) is 4. The molecule has 3 heterocycles. The predicted octanol–water partition coefficient (Wildman–Crippen LogP) is 3.30. The Hall–Kier alpha value is -3.18. The highest BCUT2D eigenvalue weighted by molar-refractivity contribution is 6.13. The minimum atomic E-state index is -1.01. The molecule has 2 atom stereocenters. The number of likely N-dealkylation sites (tertiary alicyclic amines) is 1. The second-order valence-corrected chi connectivity index (χ2v) is 10.2. The number of imide groups is 3. The van der Waals surface area contributed by atoms with E-state index in [1.54, 1.807) is 49.9 Å². The van der Waals surface area contributed by atoms with Crippen LogP contribution in [0, 0.1) is 0 Å². The van der Waals surface area contributed by atoms with Crippen molar-refractivity contribution in [3.05, 3.63) is 24.3 Å². The van der Waals surface area contributed by atoms with Gasteiger partial charge in [0, 0.05) is 31.8 Å². The summed E-state index contributed by atoms with van der Waals surface area (Å²) in [6.45, 7) is 7.16. The van der Waals surface area contributed by atoms with E-state index in [2.05, 4.69) is 0 Å². The Balaban J connectivity index is 1.31. The quantitative estimate of drug-likeness (QED) is 0.400. The van der Waals surface area contributed by atoms with E-state index in [0.717, 1.165) is 25.9 Å². The molecule has 0 aliphatic carbocycles. The van der Waals surface area contributed by atoms with Crippen LogP contribution < -0.4 is 9.64 Å². The maximum atomic E-state index is 13.2. The molecule has 0 saturated carbocycles. The molecule has 3 saturated heterocycles. The van der Waals surface area contributed by atoms with Crippen LogP contribution in [0.4, 0.5) is 15.3 Å². The van der Waals surface area contributed by atoms with Crippen molar-refractivity contribution in [3.63, 3.8) is 0 Å².